The molecule has 0 aliphatic carbocycles. The first-order valence-electron chi connectivity index (χ1n) is 17.0. The van der Waals surface area contributed by atoms with Gasteiger partial charge in [-0.05, 0) is 90.1 Å². The van der Waals surface area contributed by atoms with Crippen molar-refractivity contribution in [2.45, 2.75) is 103 Å². The Bertz CT molecular complexity index is 1720. The van der Waals surface area contributed by atoms with Gasteiger partial charge in [0.25, 0.3) is 0 Å². The molecule has 1 fully saturated rings. The van der Waals surface area contributed by atoms with Crippen molar-refractivity contribution < 1.29 is 9.47 Å². The van der Waals surface area contributed by atoms with Crippen LogP contribution in [0.4, 0.5) is 0 Å². The van der Waals surface area contributed by atoms with Gasteiger partial charge in [-0.3, -0.25) is 9.58 Å². The average molecular weight is 770 g/mol. The van der Waals surface area contributed by atoms with E-state index in [1.54, 1.807) is 0 Å². The SMILES string of the molecule is CC(C)[Si](C#Cc1nn(C2CCCCO2)c2ccc(-c3cnn(C)c3O[C@@H](C)CN(C)Cc3cnn(C)c3I)cc12)(C(C)C)C(C)C. The minimum atomic E-state index is -1.95. The van der Waals surface area contributed by atoms with Crippen LogP contribution >= 0.6 is 22.6 Å². The van der Waals surface area contributed by atoms with E-state index in [4.69, 9.17) is 14.6 Å². The fourth-order valence-corrected chi connectivity index (χ4v) is 13.1. The van der Waals surface area contributed by atoms with Gasteiger partial charge in [0.2, 0.25) is 5.88 Å². The van der Waals surface area contributed by atoms with Gasteiger partial charge in [-0.2, -0.15) is 15.3 Å². The Hall–Kier alpha value is -2.66. The van der Waals surface area contributed by atoms with Crippen LogP contribution in [0.5, 0.6) is 5.88 Å². The first kappa shape index (κ1) is 35.6. The van der Waals surface area contributed by atoms with Crippen molar-refractivity contribution in [3.8, 4) is 28.5 Å². The maximum atomic E-state index is 6.60. The molecule has 0 bridgehead atoms. The van der Waals surface area contributed by atoms with Gasteiger partial charge in [0.15, 0.2) is 6.23 Å². The highest BCUT2D eigenvalue weighted by Crippen LogP contribution is 2.41. The second-order valence-electron chi connectivity index (χ2n) is 14.2. The van der Waals surface area contributed by atoms with E-state index in [1.807, 2.05) is 35.9 Å². The highest BCUT2D eigenvalue weighted by molar-refractivity contribution is 14.1. The molecule has 11 heteroatoms. The summed E-state index contributed by atoms with van der Waals surface area (Å²) in [7, 11) is 4.08. The van der Waals surface area contributed by atoms with Crippen molar-refractivity contribution in [2.24, 2.45) is 14.1 Å². The molecule has 0 N–H and O–H groups in total. The molecule has 0 amide bonds. The Kier molecular flexibility index (Phi) is 11.3. The highest BCUT2D eigenvalue weighted by Gasteiger charge is 2.41. The first-order chi connectivity index (χ1) is 22.3. The smallest absolute Gasteiger partial charge is 0.219 e. The minimum absolute atomic E-state index is 0.0546. The number of hydrogen-bond donors (Lipinski definition) is 0. The molecule has 5 rings (SSSR count). The van der Waals surface area contributed by atoms with Crippen molar-refractivity contribution >= 4 is 41.6 Å². The van der Waals surface area contributed by atoms with Gasteiger partial charge in [0.05, 0.1) is 23.5 Å². The number of benzene rings is 1. The number of fused-ring (bicyclic) bond motifs is 1. The number of nitrogens with zero attached hydrogens (tertiary/aromatic N) is 7. The van der Waals surface area contributed by atoms with Gasteiger partial charge in [-0.15, -0.1) is 5.54 Å². The number of halogens is 1. The van der Waals surface area contributed by atoms with Gasteiger partial charge in [-0.25, -0.2) is 9.36 Å². The van der Waals surface area contributed by atoms with Crippen molar-refractivity contribution in [2.75, 3.05) is 20.2 Å². The predicted octanol–water partition coefficient (Wildman–Crippen LogP) is 7.94. The second-order valence-corrected chi connectivity index (χ2v) is 20.8. The molecular weight excluding hydrogens is 717 g/mol. The van der Waals surface area contributed by atoms with Crippen LogP contribution in [0.1, 0.15) is 85.2 Å². The lowest BCUT2D eigenvalue weighted by atomic mass is 10.1. The molecule has 4 heterocycles. The molecule has 1 saturated heterocycles. The van der Waals surface area contributed by atoms with Crippen molar-refractivity contribution in [3.63, 3.8) is 0 Å². The Morgan fingerprint density at radius 3 is 2.34 bits per heavy atom. The summed E-state index contributed by atoms with van der Waals surface area (Å²) in [4.78, 5) is 2.27. The summed E-state index contributed by atoms with van der Waals surface area (Å²) in [5.41, 5.74) is 10.7. The van der Waals surface area contributed by atoms with Crippen molar-refractivity contribution in [3.05, 3.63) is 45.6 Å². The monoisotopic (exact) mass is 769 g/mol. The van der Waals surface area contributed by atoms with E-state index in [2.05, 4.69) is 128 Å². The molecule has 47 heavy (non-hydrogen) atoms. The number of rotatable bonds is 11. The van der Waals surface area contributed by atoms with Crippen LogP contribution in [0.15, 0.2) is 30.6 Å². The number of aromatic nitrogens is 6. The zero-order valence-electron chi connectivity index (χ0n) is 29.8. The molecule has 2 atom stereocenters. The van der Waals surface area contributed by atoms with Gasteiger partial charge in [0, 0.05) is 44.7 Å². The van der Waals surface area contributed by atoms with E-state index in [-0.39, 0.29) is 12.3 Å². The van der Waals surface area contributed by atoms with Gasteiger partial charge in [0.1, 0.15) is 23.6 Å². The fourth-order valence-electron chi connectivity index (χ4n) is 7.50. The van der Waals surface area contributed by atoms with E-state index >= 15 is 0 Å². The highest BCUT2D eigenvalue weighted by atomic mass is 127. The second kappa shape index (κ2) is 14.8. The summed E-state index contributed by atoms with van der Waals surface area (Å²) in [5, 5.41) is 15.2. The van der Waals surface area contributed by atoms with Gasteiger partial charge in [-0.1, -0.05) is 53.5 Å². The molecule has 0 spiro atoms. The molecule has 3 aromatic heterocycles. The first-order valence-corrected chi connectivity index (χ1v) is 20.4. The van der Waals surface area contributed by atoms with E-state index in [0.29, 0.717) is 16.6 Å². The standard InChI is InChI=1S/C36H52IN7O2Si/c1-24(2)47(25(3)4,26(5)6)18-16-32-30-19-28(14-15-33(30)44(40-32)34-13-11-12-17-45-34)31-21-39-43(10)36(31)46-27(7)22-41(8)23-29-20-38-42(9)35(29)37/h14-15,19-21,24-27,34H,11-13,17,22-23H2,1-10H3/t27-,34?/m0/s1. The molecule has 0 saturated carbocycles. The Labute approximate surface area is 295 Å². The topological polar surface area (TPSA) is 75.2 Å². The maximum absolute atomic E-state index is 6.60. The maximum Gasteiger partial charge on any atom is 0.219 e. The summed E-state index contributed by atoms with van der Waals surface area (Å²) < 4.78 is 19.8. The third kappa shape index (κ3) is 7.36. The van der Waals surface area contributed by atoms with E-state index in [1.165, 1.54) is 5.56 Å². The zero-order chi connectivity index (χ0) is 34.0. The molecule has 4 aromatic rings. The van der Waals surface area contributed by atoms with E-state index in [0.717, 1.165) is 76.3 Å². The normalized spacial score (nSPS) is 16.4. The lowest BCUT2D eigenvalue weighted by molar-refractivity contribution is -0.0367. The molecule has 9 nitrogen and oxygen atoms in total. The molecule has 1 unspecified atom stereocenters. The Morgan fingerprint density at radius 1 is 1.02 bits per heavy atom. The molecule has 254 valence electrons. The largest absolute Gasteiger partial charge is 0.473 e. The number of aryl methyl sites for hydroxylation is 2. The van der Waals surface area contributed by atoms with Crippen LogP contribution in [0.2, 0.25) is 16.6 Å². The quantitative estimate of drug-likeness (QED) is 0.0877. The van der Waals surface area contributed by atoms with Crippen LogP contribution < -0.4 is 4.74 Å². The molecule has 1 aromatic carbocycles. The lowest BCUT2D eigenvalue weighted by Gasteiger charge is -2.38. The van der Waals surface area contributed by atoms with Crippen LogP contribution in [-0.4, -0.2) is 68.6 Å². The summed E-state index contributed by atoms with van der Waals surface area (Å²) in [6.45, 7) is 18.6. The van der Waals surface area contributed by atoms with Crippen LogP contribution in [0.25, 0.3) is 22.0 Å². The van der Waals surface area contributed by atoms with Crippen LogP contribution in [-0.2, 0) is 25.4 Å². The molecular formula is C36H52IN7O2Si. The molecule has 1 aliphatic rings. The number of ether oxygens (including phenoxy) is 2. The third-order valence-electron chi connectivity index (χ3n) is 9.85. The van der Waals surface area contributed by atoms with Crippen molar-refractivity contribution in [1.29, 1.82) is 0 Å². The Balaban J connectivity index is 1.49. The summed E-state index contributed by atoms with van der Waals surface area (Å²) in [5.74, 6) is 4.42. The summed E-state index contributed by atoms with van der Waals surface area (Å²) in [6.07, 6.45) is 6.91. The van der Waals surface area contributed by atoms with Crippen LogP contribution in [0.3, 0.4) is 0 Å². The minimum Gasteiger partial charge on any atom is -0.473 e. The van der Waals surface area contributed by atoms with Gasteiger partial charge >= 0.3 is 0 Å². The molecule has 0 radical (unpaired) electrons. The average Bonchev–Trinajstić information content (AvgIpc) is 3.68. The predicted molar refractivity (Wildman–Crippen MR) is 201 cm³/mol. The van der Waals surface area contributed by atoms with Crippen molar-refractivity contribution in [1.82, 2.24) is 34.2 Å². The van der Waals surface area contributed by atoms with E-state index in [9.17, 15) is 0 Å². The zero-order valence-corrected chi connectivity index (χ0v) is 33.0. The summed E-state index contributed by atoms with van der Waals surface area (Å²) in [6, 6.07) is 6.54. The number of hydrogen-bond acceptors (Lipinski definition) is 6. The fraction of sp³-hybridized carbons (Fsp3) is 0.583. The summed E-state index contributed by atoms with van der Waals surface area (Å²) >= 11 is 2.35. The lowest BCUT2D eigenvalue weighted by Crippen LogP contribution is -2.43. The third-order valence-corrected chi connectivity index (χ3v) is 17.5. The van der Waals surface area contributed by atoms with Crippen LogP contribution in [0, 0.1) is 15.2 Å². The number of likely N-dealkylation sites (N-methyl/N-ethyl adjacent to an activating group) is 1. The van der Waals surface area contributed by atoms with Gasteiger partial charge < -0.3 is 9.47 Å². The van der Waals surface area contributed by atoms with E-state index < -0.39 is 8.07 Å². The molecule has 1 aliphatic heterocycles. The Morgan fingerprint density at radius 2 is 1.72 bits per heavy atom.